The SMILES string of the molecule is COC(/C=C/[C@@H]1[C@@H](C/C=C\CCC[C@H](CO)OC(=O)c2ccccc2)[C@@H](O)C[C@H]1O)CCc1cc(Cl)c(C)s1. The Morgan fingerprint density at radius 2 is 1.95 bits per heavy atom. The van der Waals surface area contributed by atoms with Crippen LogP contribution in [0.15, 0.2) is 60.7 Å². The summed E-state index contributed by atoms with van der Waals surface area (Å²) in [6.45, 7) is 1.80. The van der Waals surface area contributed by atoms with Gasteiger partial charge in [0.15, 0.2) is 0 Å². The third-order valence-corrected chi connectivity index (χ3v) is 8.92. The number of rotatable bonds is 15. The van der Waals surface area contributed by atoms with E-state index in [2.05, 4.69) is 6.08 Å². The molecule has 1 aliphatic carbocycles. The number of unbranched alkanes of at least 4 members (excludes halogenated alkanes) is 1. The van der Waals surface area contributed by atoms with Gasteiger partial charge in [0.05, 0.1) is 35.5 Å². The Morgan fingerprint density at radius 3 is 2.62 bits per heavy atom. The van der Waals surface area contributed by atoms with Gasteiger partial charge >= 0.3 is 5.97 Å². The Morgan fingerprint density at radius 1 is 1.18 bits per heavy atom. The Labute approximate surface area is 240 Å². The van der Waals surface area contributed by atoms with Crippen LogP contribution in [-0.4, -0.2) is 59.4 Å². The van der Waals surface area contributed by atoms with E-state index in [0.717, 1.165) is 35.6 Å². The molecule has 0 aliphatic heterocycles. The summed E-state index contributed by atoms with van der Waals surface area (Å²) in [6.07, 6.45) is 11.1. The number of carbonyl (C=O) groups is 1. The zero-order valence-electron chi connectivity index (χ0n) is 22.7. The van der Waals surface area contributed by atoms with Gasteiger partial charge in [-0.1, -0.05) is 54.1 Å². The number of esters is 1. The molecule has 8 heteroatoms. The molecule has 2 aromatic rings. The van der Waals surface area contributed by atoms with Gasteiger partial charge in [-0.2, -0.15) is 0 Å². The number of hydrogen-bond acceptors (Lipinski definition) is 7. The molecule has 6 nitrogen and oxygen atoms in total. The summed E-state index contributed by atoms with van der Waals surface area (Å²) in [5.41, 5.74) is 0.469. The lowest BCUT2D eigenvalue weighted by atomic mass is 9.89. The van der Waals surface area contributed by atoms with Gasteiger partial charge < -0.3 is 24.8 Å². The van der Waals surface area contributed by atoms with Gasteiger partial charge in [-0.25, -0.2) is 4.79 Å². The molecule has 1 saturated carbocycles. The molecule has 39 heavy (non-hydrogen) atoms. The van der Waals surface area contributed by atoms with Gasteiger partial charge in [0.1, 0.15) is 6.10 Å². The topological polar surface area (TPSA) is 96.2 Å². The fourth-order valence-electron chi connectivity index (χ4n) is 4.99. The van der Waals surface area contributed by atoms with Crippen molar-refractivity contribution < 1.29 is 29.6 Å². The van der Waals surface area contributed by atoms with E-state index in [-0.39, 0.29) is 24.5 Å². The quantitative estimate of drug-likeness (QED) is 0.139. The zero-order valence-corrected chi connectivity index (χ0v) is 24.3. The molecule has 214 valence electrons. The van der Waals surface area contributed by atoms with Crippen molar-refractivity contribution in [3.8, 4) is 0 Å². The van der Waals surface area contributed by atoms with Crippen molar-refractivity contribution in [1.29, 1.82) is 0 Å². The second-order valence-electron chi connectivity index (χ2n) is 10.1. The van der Waals surface area contributed by atoms with Gasteiger partial charge in [-0.15, -0.1) is 11.3 Å². The summed E-state index contributed by atoms with van der Waals surface area (Å²) in [4.78, 5) is 14.6. The first-order valence-corrected chi connectivity index (χ1v) is 14.9. The highest BCUT2D eigenvalue weighted by Crippen LogP contribution is 2.36. The lowest BCUT2D eigenvalue weighted by Gasteiger charge is -2.20. The standard InChI is InChI=1S/C31H41ClO6S/c1-21-28(32)18-25(39-21)16-14-23(37-2)15-17-27-26(29(34)19-30(27)35)13-9-4-3-8-12-24(20-33)38-31(36)22-10-6-5-7-11-22/h4-7,9-11,15,17-18,23-24,26-27,29-30,33-35H,3,8,12-14,16,19-20H2,1-2H3/b9-4-,17-15+/t23?,24-,26-,27-,29+,30-/m1/s1. The van der Waals surface area contributed by atoms with Crippen LogP contribution in [0, 0.1) is 18.8 Å². The minimum atomic E-state index is -0.587. The van der Waals surface area contributed by atoms with Gasteiger partial charge in [0.2, 0.25) is 0 Å². The minimum absolute atomic E-state index is 0.0687. The van der Waals surface area contributed by atoms with Gasteiger partial charge in [-0.05, 0) is 69.6 Å². The predicted octanol–water partition coefficient (Wildman–Crippen LogP) is 5.91. The highest BCUT2D eigenvalue weighted by atomic mass is 35.5. The molecule has 6 atom stereocenters. The maximum absolute atomic E-state index is 12.2. The summed E-state index contributed by atoms with van der Waals surface area (Å²) >= 11 is 7.88. The van der Waals surface area contributed by atoms with Crippen LogP contribution in [0.1, 0.15) is 58.6 Å². The molecule has 1 aromatic carbocycles. The number of halogens is 1. The first-order valence-electron chi connectivity index (χ1n) is 13.7. The first kappa shape index (κ1) is 31.5. The Balaban J connectivity index is 1.43. The molecule has 0 saturated heterocycles. The molecular formula is C31H41ClO6S. The fourth-order valence-corrected chi connectivity index (χ4v) is 6.25. The molecule has 0 spiro atoms. The lowest BCUT2D eigenvalue weighted by molar-refractivity contribution is 0.0110. The van der Waals surface area contributed by atoms with Crippen molar-refractivity contribution in [1.82, 2.24) is 0 Å². The molecule has 1 aromatic heterocycles. The van der Waals surface area contributed by atoms with Crippen molar-refractivity contribution >= 4 is 28.9 Å². The summed E-state index contributed by atoms with van der Waals surface area (Å²) in [6, 6.07) is 10.8. The first-order chi connectivity index (χ1) is 18.8. The summed E-state index contributed by atoms with van der Waals surface area (Å²) < 4.78 is 11.1. The van der Waals surface area contributed by atoms with Crippen LogP contribution in [-0.2, 0) is 15.9 Å². The van der Waals surface area contributed by atoms with E-state index in [9.17, 15) is 20.1 Å². The number of hydrogen-bond donors (Lipinski definition) is 3. The van der Waals surface area contributed by atoms with Crippen LogP contribution >= 0.6 is 22.9 Å². The number of ether oxygens (including phenoxy) is 2. The van der Waals surface area contributed by atoms with Gasteiger partial charge in [-0.3, -0.25) is 0 Å². The van der Waals surface area contributed by atoms with E-state index in [0.29, 0.717) is 24.8 Å². The number of carbonyl (C=O) groups excluding carboxylic acids is 1. The molecule has 3 N–H and O–H groups in total. The van der Waals surface area contributed by atoms with E-state index in [4.69, 9.17) is 21.1 Å². The molecule has 1 fully saturated rings. The number of benzene rings is 1. The van der Waals surface area contributed by atoms with Crippen LogP contribution in [0.5, 0.6) is 0 Å². The second kappa shape index (κ2) is 16.3. The molecule has 1 unspecified atom stereocenters. The lowest BCUT2D eigenvalue weighted by Crippen LogP contribution is -2.22. The highest BCUT2D eigenvalue weighted by molar-refractivity contribution is 7.12. The fraction of sp³-hybridized carbons (Fsp3) is 0.516. The van der Waals surface area contributed by atoms with Gasteiger partial charge in [0, 0.05) is 29.2 Å². The summed E-state index contributed by atoms with van der Waals surface area (Å²) in [5.74, 6) is -0.641. The molecule has 3 rings (SSSR count). The molecule has 1 aliphatic rings. The molecule has 0 amide bonds. The number of thiophene rings is 1. The van der Waals surface area contributed by atoms with Gasteiger partial charge in [0.25, 0.3) is 0 Å². The maximum Gasteiger partial charge on any atom is 0.338 e. The number of aryl methyl sites for hydroxylation is 2. The van der Waals surface area contributed by atoms with Crippen LogP contribution in [0.4, 0.5) is 0 Å². The Bertz CT molecular complexity index is 1050. The average molecular weight is 577 g/mol. The number of aliphatic hydroxyl groups excluding tert-OH is 3. The zero-order chi connectivity index (χ0) is 28.2. The van der Waals surface area contributed by atoms with E-state index in [1.807, 2.05) is 37.3 Å². The van der Waals surface area contributed by atoms with Crippen molar-refractivity contribution in [2.45, 2.75) is 76.3 Å². The van der Waals surface area contributed by atoms with Crippen molar-refractivity contribution in [3.63, 3.8) is 0 Å². The Kier molecular flexibility index (Phi) is 13.2. The highest BCUT2D eigenvalue weighted by Gasteiger charge is 2.39. The van der Waals surface area contributed by atoms with Crippen LogP contribution in [0.2, 0.25) is 5.02 Å². The van der Waals surface area contributed by atoms with Crippen molar-refractivity contribution in [2.75, 3.05) is 13.7 Å². The molecule has 0 radical (unpaired) electrons. The van der Waals surface area contributed by atoms with Crippen LogP contribution in [0.25, 0.3) is 0 Å². The Hall–Kier alpha value is -2.00. The summed E-state index contributed by atoms with van der Waals surface area (Å²) in [7, 11) is 1.69. The average Bonchev–Trinajstić information content (AvgIpc) is 3.40. The van der Waals surface area contributed by atoms with E-state index in [1.165, 1.54) is 4.88 Å². The van der Waals surface area contributed by atoms with E-state index >= 15 is 0 Å². The second-order valence-corrected chi connectivity index (χ2v) is 11.9. The largest absolute Gasteiger partial charge is 0.456 e. The smallest absolute Gasteiger partial charge is 0.338 e. The van der Waals surface area contributed by atoms with Crippen molar-refractivity contribution in [2.24, 2.45) is 11.8 Å². The third-order valence-electron chi connectivity index (χ3n) is 7.31. The van der Waals surface area contributed by atoms with Crippen LogP contribution < -0.4 is 0 Å². The normalized spacial score (nSPS) is 23.0. The maximum atomic E-state index is 12.2. The number of methoxy groups -OCH3 is 1. The molecule has 0 bridgehead atoms. The number of allylic oxidation sites excluding steroid dienone is 2. The third kappa shape index (κ3) is 9.85. The van der Waals surface area contributed by atoms with Crippen molar-refractivity contribution in [3.05, 3.63) is 81.0 Å². The van der Waals surface area contributed by atoms with Crippen LogP contribution in [0.3, 0.4) is 0 Å². The minimum Gasteiger partial charge on any atom is -0.456 e. The van der Waals surface area contributed by atoms with E-state index < -0.39 is 24.3 Å². The predicted molar refractivity (Wildman–Crippen MR) is 156 cm³/mol. The molecule has 1 heterocycles. The summed E-state index contributed by atoms with van der Waals surface area (Å²) in [5, 5.41) is 31.6. The monoisotopic (exact) mass is 576 g/mol. The number of aliphatic hydroxyl groups is 3. The van der Waals surface area contributed by atoms with E-state index in [1.54, 1.807) is 42.7 Å². The molecular weight excluding hydrogens is 536 g/mol.